The van der Waals surface area contributed by atoms with E-state index in [-0.39, 0.29) is 24.5 Å². The van der Waals surface area contributed by atoms with Crippen LogP contribution >= 0.6 is 11.6 Å². The van der Waals surface area contributed by atoms with Gasteiger partial charge in [0.1, 0.15) is 0 Å². The first kappa shape index (κ1) is 16.3. The zero-order valence-corrected chi connectivity index (χ0v) is 11.3. The fourth-order valence-electron chi connectivity index (χ4n) is 1.67. The van der Waals surface area contributed by atoms with Crippen molar-refractivity contribution in [1.29, 1.82) is 5.26 Å². The molecule has 0 unspecified atom stereocenters. The first-order chi connectivity index (χ1) is 9.33. The maximum Gasteiger partial charge on any atom is 0.417 e. The third-order valence-corrected chi connectivity index (χ3v) is 2.84. The summed E-state index contributed by atoms with van der Waals surface area (Å²) in [6.07, 6.45) is -4.98. The van der Waals surface area contributed by atoms with Gasteiger partial charge in [-0.3, -0.25) is 4.79 Å². The van der Waals surface area contributed by atoms with E-state index in [1.165, 1.54) is 6.07 Å². The van der Waals surface area contributed by atoms with Crippen molar-refractivity contribution in [3.8, 4) is 6.07 Å². The molecule has 0 heterocycles. The van der Waals surface area contributed by atoms with Gasteiger partial charge in [0.25, 0.3) is 0 Å². The molecule has 0 aliphatic carbocycles. The molecule has 3 nitrogen and oxygen atoms in total. The van der Waals surface area contributed by atoms with E-state index in [1.807, 2.05) is 0 Å². The van der Waals surface area contributed by atoms with E-state index in [4.69, 9.17) is 21.6 Å². The standard InChI is InChI=1S/C13H11ClF3NO2/c1-2-20-12(19)5-8-4-11(13(15,16)17)10(7-18)3-9(8)6-14/h3-4H,2,5-6H2,1H3. The van der Waals surface area contributed by atoms with Gasteiger partial charge in [0.2, 0.25) is 0 Å². The Morgan fingerprint density at radius 2 is 2.05 bits per heavy atom. The molecular formula is C13H11ClF3NO2. The van der Waals surface area contributed by atoms with Crippen molar-refractivity contribution in [2.45, 2.75) is 25.4 Å². The molecule has 0 aliphatic rings. The number of hydrogen-bond acceptors (Lipinski definition) is 3. The van der Waals surface area contributed by atoms with Gasteiger partial charge in [-0.1, -0.05) is 0 Å². The Morgan fingerprint density at radius 3 is 2.50 bits per heavy atom. The van der Waals surface area contributed by atoms with Crippen LogP contribution in [0.15, 0.2) is 12.1 Å². The number of nitriles is 1. The highest BCUT2D eigenvalue weighted by Gasteiger charge is 2.34. The van der Waals surface area contributed by atoms with Crippen molar-refractivity contribution in [3.63, 3.8) is 0 Å². The molecule has 0 bridgehead atoms. The Morgan fingerprint density at radius 1 is 1.40 bits per heavy atom. The lowest BCUT2D eigenvalue weighted by atomic mass is 9.97. The van der Waals surface area contributed by atoms with Gasteiger partial charge in [0, 0.05) is 5.88 Å². The van der Waals surface area contributed by atoms with E-state index in [0.29, 0.717) is 5.56 Å². The molecule has 0 saturated carbocycles. The summed E-state index contributed by atoms with van der Waals surface area (Å²) in [5.41, 5.74) is -1.16. The molecule has 0 amide bonds. The van der Waals surface area contributed by atoms with Crippen LogP contribution in [0.5, 0.6) is 0 Å². The van der Waals surface area contributed by atoms with Crippen molar-refractivity contribution in [2.75, 3.05) is 6.61 Å². The Labute approximate surface area is 118 Å². The normalized spacial score (nSPS) is 11.0. The predicted molar refractivity (Wildman–Crippen MR) is 66.1 cm³/mol. The third kappa shape index (κ3) is 3.87. The summed E-state index contributed by atoms with van der Waals surface area (Å²) in [5, 5.41) is 8.77. The second kappa shape index (κ2) is 6.62. The van der Waals surface area contributed by atoms with Crippen LogP contribution in [0.4, 0.5) is 13.2 Å². The fraction of sp³-hybridized carbons (Fsp3) is 0.385. The van der Waals surface area contributed by atoms with Crippen molar-refractivity contribution in [3.05, 3.63) is 34.4 Å². The Balaban J connectivity index is 3.30. The lowest BCUT2D eigenvalue weighted by molar-refractivity contribution is -0.142. The molecule has 0 saturated heterocycles. The van der Waals surface area contributed by atoms with E-state index in [0.717, 1.165) is 12.1 Å². The van der Waals surface area contributed by atoms with Crippen molar-refractivity contribution in [2.24, 2.45) is 0 Å². The number of hydrogen-bond donors (Lipinski definition) is 0. The first-order valence-corrected chi connectivity index (χ1v) is 6.21. The maximum absolute atomic E-state index is 12.8. The average molecular weight is 306 g/mol. The molecular weight excluding hydrogens is 295 g/mol. The maximum atomic E-state index is 12.8. The van der Waals surface area contributed by atoms with Crippen LogP contribution in [-0.4, -0.2) is 12.6 Å². The summed E-state index contributed by atoms with van der Waals surface area (Å²) >= 11 is 5.65. The minimum Gasteiger partial charge on any atom is -0.466 e. The summed E-state index contributed by atoms with van der Waals surface area (Å²) in [4.78, 5) is 11.4. The van der Waals surface area contributed by atoms with Crippen LogP contribution in [0.2, 0.25) is 0 Å². The number of rotatable bonds is 4. The monoisotopic (exact) mass is 305 g/mol. The molecule has 0 aromatic heterocycles. The summed E-state index contributed by atoms with van der Waals surface area (Å²) < 4.78 is 43.2. The number of ether oxygens (including phenoxy) is 1. The highest BCUT2D eigenvalue weighted by molar-refractivity contribution is 6.17. The van der Waals surface area contributed by atoms with Crippen LogP contribution in [0.3, 0.4) is 0 Å². The van der Waals surface area contributed by atoms with E-state index < -0.39 is 23.3 Å². The molecule has 7 heteroatoms. The number of esters is 1. The van der Waals surface area contributed by atoms with Crippen molar-refractivity contribution >= 4 is 17.6 Å². The van der Waals surface area contributed by atoms with Gasteiger partial charge in [-0.15, -0.1) is 11.6 Å². The predicted octanol–water partition coefficient (Wildman–Crippen LogP) is 3.42. The minimum atomic E-state index is -4.67. The smallest absolute Gasteiger partial charge is 0.417 e. The summed E-state index contributed by atoms with van der Waals surface area (Å²) in [7, 11) is 0. The molecule has 1 aromatic carbocycles. The second-order valence-corrected chi connectivity index (χ2v) is 4.16. The van der Waals surface area contributed by atoms with E-state index >= 15 is 0 Å². The zero-order valence-electron chi connectivity index (χ0n) is 10.6. The molecule has 0 radical (unpaired) electrons. The van der Waals surface area contributed by atoms with Crippen LogP contribution in [0.25, 0.3) is 0 Å². The molecule has 0 N–H and O–H groups in total. The molecule has 20 heavy (non-hydrogen) atoms. The van der Waals surface area contributed by atoms with Crippen LogP contribution in [0, 0.1) is 11.3 Å². The fourth-order valence-corrected chi connectivity index (χ4v) is 1.92. The number of carbonyl (C=O) groups is 1. The highest BCUT2D eigenvalue weighted by atomic mass is 35.5. The second-order valence-electron chi connectivity index (χ2n) is 3.89. The largest absolute Gasteiger partial charge is 0.466 e. The molecule has 0 aliphatic heterocycles. The van der Waals surface area contributed by atoms with Crippen LogP contribution in [0.1, 0.15) is 29.2 Å². The van der Waals surface area contributed by atoms with Crippen molar-refractivity contribution in [1.82, 2.24) is 0 Å². The quantitative estimate of drug-likeness (QED) is 0.632. The van der Waals surface area contributed by atoms with Crippen molar-refractivity contribution < 1.29 is 22.7 Å². The van der Waals surface area contributed by atoms with Gasteiger partial charge in [0.15, 0.2) is 0 Å². The summed E-state index contributed by atoms with van der Waals surface area (Å²) in [6, 6.07) is 3.33. The molecule has 1 aromatic rings. The van der Waals surface area contributed by atoms with Crippen LogP contribution in [-0.2, 0) is 28.0 Å². The Hall–Kier alpha value is -1.74. The first-order valence-electron chi connectivity index (χ1n) is 5.68. The lowest BCUT2D eigenvalue weighted by Gasteiger charge is -2.14. The lowest BCUT2D eigenvalue weighted by Crippen LogP contribution is -2.13. The van der Waals surface area contributed by atoms with Gasteiger partial charge in [-0.2, -0.15) is 18.4 Å². The zero-order chi connectivity index (χ0) is 15.3. The summed E-state index contributed by atoms with van der Waals surface area (Å²) in [5.74, 6) is -0.738. The summed E-state index contributed by atoms with van der Waals surface area (Å²) in [6.45, 7) is 1.73. The van der Waals surface area contributed by atoms with E-state index in [2.05, 4.69) is 0 Å². The third-order valence-electron chi connectivity index (χ3n) is 2.55. The SMILES string of the molecule is CCOC(=O)Cc1cc(C(F)(F)F)c(C#N)cc1CCl. The minimum absolute atomic E-state index is 0.0957. The highest BCUT2D eigenvalue weighted by Crippen LogP contribution is 2.34. The molecule has 0 spiro atoms. The Bertz CT molecular complexity index is 550. The number of alkyl halides is 4. The number of nitrogens with zero attached hydrogens (tertiary/aromatic N) is 1. The van der Waals surface area contributed by atoms with E-state index in [1.54, 1.807) is 6.92 Å². The molecule has 108 valence electrons. The average Bonchev–Trinajstić information content (AvgIpc) is 2.37. The van der Waals surface area contributed by atoms with Gasteiger partial charge in [0.05, 0.1) is 30.2 Å². The Kier molecular flexibility index (Phi) is 5.40. The van der Waals surface area contributed by atoms with Gasteiger partial charge >= 0.3 is 12.1 Å². The van der Waals surface area contributed by atoms with Gasteiger partial charge < -0.3 is 4.74 Å². The van der Waals surface area contributed by atoms with Crippen LogP contribution < -0.4 is 0 Å². The molecule has 0 fully saturated rings. The van der Waals surface area contributed by atoms with Gasteiger partial charge in [-0.25, -0.2) is 0 Å². The molecule has 1 rings (SSSR count). The number of carbonyl (C=O) groups excluding carboxylic acids is 1. The van der Waals surface area contributed by atoms with Gasteiger partial charge in [-0.05, 0) is 30.2 Å². The topological polar surface area (TPSA) is 50.1 Å². The molecule has 0 atom stereocenters. The van der Waals surface area contributed by atoms with E-state index in [9.17, 15) is 18.0 Å². The number of benzene rings is 1. The number of halogens is 4.